The van der Waals surface area contributed by atoms with Gasteiger partial charge in [-0.25, -0.2) is 0 Å². The lowest BCUT2D eigenvalue weighted by molar-refractivity contribution is -0.134. The number of carbonyl (C=O) groups is 3. The van der Waals surface area contributed by atoms with Crippen molar-refractivity contribution < 1.29 is 23.6 Å². The number of hydrogen-bond donors (Lipinski definition) is 2. The Bertz CT molecular complexity index is 1090. The highest BCUT2D eigenvalue weighted by Gasteiger charge is 2.42. The van der Waals surface area contributed by atoms with E-state index in [4.69, 9.17) is 9.26 Å². The number of carbonyl (C=O) groups excluding carboxylic acids is 3. The maximum atomic E-state index is 13.4. The van der Waals surface area contributed by atoms with E-state index in [-0.39, 0.29) is 23.5 Å². The van der Waals surface area contributed by atoms with Crippen LogP contribution in [-0.4, -0.2) is 60.6 Å². The van der Waals surface area contributed by atoms with E-state index in [1.165, 1.54) is 0 Å². The van der Waals surface area contributed by atoms with Gasteiger partial charge in [-0.05, 0) is 63.1 Å². The normalized spacial score (nSPS) is 19.3. The summed E-state index contributed by atoms with van der Waals surface area (Å²) in [5.41, 5.74) is 1.78. The van der Waals surface area contributed by atoms with Crippen molar-refractivity contribution >= 4 is 17.7 Å². The topological polar surface area (TPSA) is 114 Å². The van der Waals surface area contributed by atoms with Crippen LogP contribution in [0.1, 0.15) is 77.6 Å². The first kappa shape index (κ1) is 25.7. The number of piperidine rings is 1. The summed E-state index contributed by atoms with van der Waals surface area (Å²) in [7, 11) is 0. The molecular formula is C27H36N4O5. The Morgan fingerprint density at radius 1 is 1.06 bits per heavy atom. The molecule has 36 heavy (non-hydrogen) atoms. The Morgan fingerprint density at radius 3 is 2.58 bits per heavy atom. The lowest BCUT2D eigenvalue weighted by Crippen LogP contribution is -2.50. The number of fused-ring (bicyclic) bond motifs is 1. The van der Waals surface area contributed by atoms with Crippen molar-refractivity contribution in [3.05, 3.63) is 46.8 Å². The Morgan fingerprint density at radius 2 is 1.83 bits per heavy atom. The van der Waals surface area contributed by atoms with Gasteiger partial charge in [0.15, 0.2) is 0 Å². The van der Waals surface area contributed by atoms with Crippen LogP contribution in [0.4, 0.5) is 0 Å². The third-order valence-corrected chi connectivity index (χ3v) is 7.24. The van der Waals surface area contributed by atoms with Crippen molar-refractivity contribution in [1.29, 1.82) is 0 Å². The highest BCUT2D eigenvalue weighted by molar-refractivity contribution is 5.97. The molecule has 0 saturated carbocycles. The fourth-order valence-corrected chi connectivity index (χ4v) is 4.93. The summed E-state index contributed by atoms with van der Waals surface area (Å²) in [6, 6.07) is 7.27. The van der Waals surface area contributed by atoms with Gasteiger partial charge in [0.05, 0.1) is 23.3 Å². The summed E-state index contributed by atoms with van der Waals surface area (Å²) in [6.07, 6.45) is 4.80. The first-order valence-corrected chi connectivity index (χ1v) is 13.0. The van der Waals surface area contributed by atoms with E-state index >= 15 is 0 Å². The number of rotatable bonds is 2. The molecule has 1 saturated heterocycles. The standard InChI is InChI=1S/C27H36N4O5/c1-3-20-18-23(36-30-20)25(33)31-14-10-27(11-15-31)9-4-5-12-28-24(32)21-8-7-19(2)17-22(21)35-16-6-13-29-26(27)34/h7-8,17-18H,3-6,9-16H2,1-2H3,(H,28,32)(H,29,34). The number of benzene rings is 1. The van der Waals surface area contributed by atoms with Crippen molar-refractivity contribution in [1.82, 2.24) is 20.7 Å². The zero-order chi connectivity index (χ0) is 25.5. The summed E-state index contributed by atoms with van der Waals surface area (Å²) < 4.78 is 11.1. The van der Waals surface area contributed by atoms with Crippen molar-refractivity contribution in [3.63, 3.8) is 0 Å². The van der Waals surface area contributed by atoms with E-state index < -0.39 is 5.41 Å². The van der Waals surface area contributed by atoms with Gasteiger partial charge in [0, 0.05) is 32.2 Å². The number of hydrogen-bond acceptors (Lipinski definition) is 6. The quantitative estimate of drug-likeness (QED) is 0.660. The molecule has 0 radical (unpaired) electrons. The van der Waals surface area contributed by atoms with E-state index in [1.54, 1.807) is 17.0 Å². The van der Waals surface area contributed by atoms with Crippen LogP contribution in [0, 0.1) is 12.3 Å². The average Bonchev–Trinajstić information content (AvgIpc) is 3.37. The molecular weight excluding hydrogens is 460 g/mol. The Labute approximate surface area is 211 Å². The van der Waals surface area contributed by atoms with Crippen molar-refractivity contribution in [2.75, 3.05) is 32.8 Å². The zero-order valence-corrected chi connectivity index (χ0v) is 21.2. The van der Waals surface area contributed by atoms with Crippen LogP contribution in [0.25, 0.3) is 0 Å². The smallest absolute Gasteiger partial charge is 0.292 e. The number of nitrogens with zero attached hydrogens (tertiary/aromatic N) is 2. The number of amides is 3. The predicted molar refractivity (Wildman–Crippen MR) is 134 cm³/mol. The molecule has 1 aromatic carbocycles. The minimum absolute atomic E-state index is 0.0395. The molecule has 0 atom stereocenters. The van der Waals surface area contributed by atoms with Gasteiger partial charge in [-0.15, -0.1) is 0 Å². The van der Waals surface area contributed by atoms with Crippen LogP contribution < -0.4 is 15.4 Å². The summed E-state index contributed by atoms with van der Waals surface area (Å²) in [6.45, 7) is 6.32. The number of ether oxygens (including phenoxy) is 1. The van der Waals surface area contributed by atoms with E-state index in [2.05, 4.69) is 15.8 Å². The molecule has 9 nitrogen and oxygen atoms in total. The van der Waals surface area contributed by atoms with E-state index in [0.29, 0.717) is 76.2 Å². The second kappa shape index (κ2) is 11.6. The van der Waals surface area contributed by atoms with E-state index in [0.717, 1.165) is 24.1 Å². The lowest BCUT2D eigenvalue weighted by atomic mass is 9.73. The molecule has 1 spiro atoms. The van der Waals surface area contributed by atoms with Crippen LogP contribution in [0.3, 0.4) is 0 Å². The van der Waals surface area contributed by atoms with E-state index in [1.807, 2.05) is 26.0 Å². The van der Waals surface area contributed by atoms with Gasteiger partial charge in [0.2, 0.25) is 11.7 Å². The Balaban J connectivity index is 1.40. The summed E-state index contributed by atoms with van der Waals surface area (Å²) in [5, 5.41) is 10.0. The summed E-state index contributed by atoms with van der Waals surface area (Å²) >= 11 is 0. The second-order valence-corrected chi connectivity index (χ2v) is 9.78. The minimum atomic E-state index is -0.530. The van der Waals surface area contributed by atoms with Crippen LogP contribution in [0.2, 0.25) is 0 Å². The highest BCUT2D eigenvalue weighted by Crippen LogP contribution is 2.37. The molecule has 3 heterocycles. The maximum absolute atomic E-state index is 13.4. The SMILES string of the molecule is CCc1cc(C(=O)N2CCC3(CCCCNC(=O)c4ccc(C)cc4OCCCNC3=O)CC2)on1. The molecule has 2 aliphatic rings. The molecule has 0 aliphatic carbocycles. The molecule has 194 valence electrons. The average molecular weight is 497 g/mol. The van der Waals surface area contributed by atoms with Gasteiger partial charge in [-0.2, -0.15) is 0 Å². The van der Waals surface area contributed by atoms with Crippen LogP contribution in [0.15, 0.2) is 28.8 Å². The molecule has 4 rings (SSSR count). The third-order valence-electron chi connectivity index (χ3n) is 7.24. The third kappa shape index (κ3) is 5.88. The van der Waals surface area contributed by atoms with Crippen molar-refractivity contribution in [2.45, 2.75) is 58.8 Å². The van der Waals surface area contributed by atoms with E-state index in [9.17, 15) is 14.4 Å². The maximum Gasteiger partial charge on any atom is 0.292 e. The molecule has 0 unspecified atom stereocenters. The molecule has 2 aromatic rings. The fourth-order valence-electron chi connectivity index (χ4n) is 4.93. The van der Waals surface area contributed by atoms with Gasteiger partial charge in [0.25, 0.3) is 11.8 Å². The van der Waals surface area contributed by atoms with Crippen molar-refractivity contribution in [3.8, 4) is 5.75 Å². The zero-order valence-electron chi connectivity index (χ0n) is 21.2. The Hall–Kier alpha value is -3.36. The molecule has 1 fully saturated rings. The number of aromatic nitrogens is 1. The minimum Gasteiger partial charge on any atom is -0.493 e. The van der Waals surface area contributed by atoms with Gasteiger partial charge < -0.3 is 24.8 Å². The highest BCUT2D eigenvalue weighted by atomic mass is 16.5. The largest absolute Gasteiger partial charge is 0.493 e. The first-order chi connectivity index (χ1) is 17.4. The fraction of sp³-hybridized carbons (Fsp3) is 0.556. The van der Waals surface area contributed by atoms with Gasteiger partial charge in [-0.1, -0.05) is 24.6 Å². The molecule has 1 aromatic heterocycles. The molecule has 3 amide bonds. The first-order valence-electron chi connectivity index (χ1n) is 13.0. The van der Waals surface area contributed by atoms with Gasteiger partial charge in [-0.3, -0.25) is 14.4 Å². The molecule has 2 N–H and O–H groups in total. The van der Waals surface area contributed by atoms with Crippen molar-refractivity contribution in [2.24, 2.45) is 5.41 Å². The summed E-state index contributed by atoms with van der Waals surface area (Å²) in [4.78, 5) is 40.7. The van der Waals surface area contributed by atoms with Crippen LogP contribution in [-0.2, 0) is 11.2 Å². The lowest BCUT2D eigenvalue weighted by Gasteiger charge is -2.40. The molecule has 2 aliphatic heterocycles. The van der Waals surface area contributed by atoms with Crippen LogP contribution in [0.5, 0.6) is 5.75 Å². The monoisotopic (exact) mass is 496 g/mol. The molecule has 0 bridgehead atoms. The number of nitrogens with one attached hydrogen (secondary N) is 2. The second-order valence-electron chi connectivity index (χ2n) is 9.78. The predicted octanol–water partition coefficient (Wildman–Crippen LogP) is 3.27. The van der Waals surface area contributed by atoms with Gasteiger partial charge >= 0.3 is 0 Å². The van der Waals surface area contributed by atoms with Crippen LogP contribution >= 0.6 is 0 Å². The number of likely N-dealkylation sites (tertiary alicyclic amines) is 1. The molecule has 9 heteroatoms. The summed E-state index contributed by atoms with van der Waals surface area (Å²) in [5.74, 6) is 0.539. The Kier molecular flexibility index (Phi) is 8.28. The number of aryl methyl sites for hydroxylation is 2. The van der Waals surface area contributed by atoms with Gasteiger partial charge in [0.1, 0.15) is 5.75 Å².